The summed E-state index contributed by atoms with van der Waals surface area (Å²) in [4.78, 5) is 5.54. The lowest BCUT2D eigenvalue weighted by Crippen LogP contribution is -2.04. The minimum absolute atomic E-state index is 0.0116. The summed E-state index contributed by atoms with van der Waals surface area (Å²) in [5, 5.41) is 0. The van der Waals surface area contributed by atoms with Crippen molar-refractivity contribution < 1.29 is 35.4 Å². The average Bonchev–Trinajstić information content (AvgIpc) is 3.03. The first-order chi connectivity index (χ1) is 13.5. The third-order valence-corrected chi connectivity index (χ3v) is 5.57. The van der Waals surface area contributed by atoms with Gasteiger partial charge in [0.1, 0.15) is 27.7 Å². The zero-order valence-corrected chi connectivity index (χ0v) is 17.0. The quantitative estimate of drug-likeness (QED) is 0.468. The Kier molecular flexibility index (Phi) is 5.54. The first kappa shape index (κ1) is 21.0. The smallest absolute Gasteiger partial charge is 0.296 e. The van der Waals surface area contributed by atoms with E-state index >= 15 is 0 Å². The van der Waals surface area contributed by atoms with E-state index in [1.807, 2.05) is 13.8 Å². The summed E-state index contributed by atoms with van der Waals surface area (Å²) in [6.45, 7) is 4.42. The van der Waals surface area contributed by atoms with Crippen molar-refractivity contribution in [2.75, 3.05) is 13.2 Å². The molecule has 0 bridgehead atoms. The Morgan fingerprint density at radius 2 is 1.48 bits per heavy atom. The van der Waals surface area contributed by atoms with Crippen molar-refractivity contribution in [3.63, 3.8) is 0 Å². The maximum absolute atomic E-state index is 11.7. The van der Waals surface area contributed by atoms with Crippen molar-refractivity contribution in [2.45, 2.75) is 23.6 Å². The lowest BCUT2D eigenvalue weighted by atomic mass is 10.2. The van der Waals surface area contributed by atoms with Gasteiger partial charge in [-0.2, -0.15) is 16.8 Å². The van der Waals surface area contributed by atoms with E-state index in [1.54, 1.807) is 18.2 Å². The van der Waals surface area contributed by atoms with Gasteiger partial charge in [0.25, 0.3) is 20.2 Å². The fourth-order valence-electron chi connectivity index (χ4n) is 2.75. The van der Waals surface area contributed by atoms with Crippen molar-refractivity contribution in [3.8, 4) is 22.9 Å². The van der Waals surface area contributed by atoms with E-state index in [0.717, 1.165) is 6.07 Å². The van der Waals surface area contributed by atoms with Crippen molar-refractivity contribution in [3.05, 3.63) is 30.3 Å². The monoisotopic (exact) mass is 442 g/mol. The fourth-order valence-corrected chi connectivity index (χ4v) is 4.04. The molecule has 0 radical (unpaired) electrons. The third kappa shape index (κ3) is 4.50. The van der Waals surface area contributed by atoms with Crippen LogP contribution in [-0.2, 0) is 20.2 Å². The molecule has 10 nitrogen and oxygen atoms in total. The number of ether oxygens (including phenoxy) is 2. The molecule has 0 spiro atoms. The zero-order chi connectivity index (χ0) is 21.4. The van der Waals surface area contributed by atoms with Gasteiger partial charge in [0, 0.05) is 11.6 Å². The van der Waals surface area contributed by atoms with Crippen molar-refractivity contribution in [2.24, 2.45) is 0 Å². The number of hydrogen-bond acceptors (Lipinski definition) is 7. The lowest BCUT2D eigenvalue weighted by molar-refractivity contribution is 0.323. The number of nitrogens with zero attached hydrogens (tertiary/aromatic N) is 1. The molecule has 0 aliphatic carbocycles. The zero-order valence-electron chi connectivity index (χ0n) is 15.4. The molecule has 3 rings (SSSR count). The van der Waals surface area contributed by atoms with Gasteiger partial charge in [-0.25, -0.2) is 4.98 Å². The molecule has 3 aromatic rings. The molecule has 0 unspecified atom stereocenters. The molecule has 0 fully saturated rings. The van der Waals surface area contributed by atoms with Gasteiger partial charge >= 0.3 is 0 Å². The number of hydrogen-bond donors (Lipinski definition) is 3. The number of rotatable bonds is 7. The highest BCUT2D eigenvalue weighted by Gasteiger charge is 2.23. The number of aromatic amines is 1. The molecule has 1 aromatic heterocycles. The maximum atomic E-state index is 11.7. The van der Waals surface area contributed by atoms with Gasteiger partial charge in [0.15, 0.2) is 0 Å². The van der Waals surface area contributed by atoms with Crippen LogP contribution in [0.3, 0.4) is 0 Å². The van der Waals surface area contributed by atoms with E-state index in [0.29, 0.717) is 36.3 Å². The summed E-state index contributed by atoms with van der Waals surface area (Å²) in [6.07, 6.45) is 0. The molecular weight excluding hydrogens is 424 g/mol. The highest BCUT2D eigenvalue weighted by molar-refractivity contribution is 7.86. The molecule has 2 aromatic carbocycles. The molecule has 1 heterocycles. The molecule has 0 amide bonds. The molecule has 0 saturated carbocycles. The predicted octanol–water partition coefficient (Wildman–Crippen LogP) is 2.52. The second kappa shape index (κ2) is 7.63. The molecular formula is C17H18N2O8S2. The van der Waals surface area contributed by atoms with Gasteiger partial charge in [0.05, 0.1) is 23.6 Å². The van der Waals surface area contributed by atoms with Crippen molar-refractivity contribution in [1.82, 2.24) is 9.97 Å². The predicted molar refractivity (Wildman–Crippen MR) is 103 cm³/mol. The number of imidazole rings is 1. The molecule has 29 heavy (non-hydrogen) atoms. The summed E-state index contributed by atoms with van der Waals surface area (Å²) in [5.41, 5.74) is 0.280. The Balaban J connectivity index is 2.27. The fraction of sp³-hybridized carbons (Fsp3) is 0.235. The number of H-pyrrole nitrogens is 1. The van der Waals surface area contributed by atoms with Gasteiger partial charge in [0.2, 0.25) is 0 Å². The van der Waals surface area contributed by atoms with Gasteiger partial charge in [-0.1, -0.05) is 0 Å². The summed E-state index contributed by atoms with van der Waals surface area (Å²) in [7, 11) is -9.55. The van der Waals surface area contributed by atoms with E-state index in [1.165, 1.54) is 0 Å². The van der Waals surface area contributed by atoms with Crippen LogP contribution in [0.1, 0.15) is 13.8 Å². The summed E-state index contributed by atoms with van der Waals surface area (Å²) < 4.78 is 76.2. The molecule has 0 saturated heterocycles. The Morgan fingerprint density at radius 3 is 1.97 bits per heavy atom. The first-order valence-electron chi connectivity index (χ1n) is 8.42. The van der Waals surface area contributed by atoms with Crippen LogP contribution >= 0.6 is 0 Å². The first-order valence-corrected chi connectivity index (χ1v) is 11.3. The minimum atomic E-state index is -4.82. The third-order valence-electron chi connectivity index (χ3n) is 3.88. The average molecular weight is 442 g/mol. The SMILES string of the molecule is CCOc1cc(OCC)cc(-c2nc3c(S(=O)(=O)O)cc(S(=O)(=O)O)cc3[nH]2)c1. The van der Waals surface area contributed by atoms with Crippen LogP contribution in [0.15, 0.2) is 40.1 Å². The summed E-state index contributed by atoms with van der Waals surface area (Å²) in [6, 6.07) is 6.62. The lowest BCUT2D eigenvalue weighted by Gasteiger charge is -2.09. The van der Waals surface area contributed by atoms with Crippen LogP contribution in [-0.4, -0.2) is 49.1 Å². The maximum Gasteiger partial charge on any atom is 0.296 e. The summed E-state index contributed by atoms with van der Waals surface area (Å²) >= 11 is 0. The van der Waals surface area contributed by atoms with E-state index in [9.17, 15) is 25.9 Å². The van der Waals surface area contributed by atoms with Gasteiger partial charge in [-0.15, -0.1) is 0 Å². The normalized spacial score (nSPS) is 12.3. The number of fused-ring (bicyclic) bond motifs is 1. The largest absolute Gasteiger partial charge is 0.494 e. The Labute approximate surface area is 167 Å². The molecule has 156 valence electrons. The van der Waals surface area contributed by atoms with Crippen LogP contribution in [0.25, 0.3) is 22.4 Å². The van der Waals surface area contributed by atoms with Crippen LogP contribution in [0.2, 0.25) is 0 Å². The van der Waals surface area contributed by atoms with E-state index in [2.05, 4.69) is 9.97 Å². The Hall–Kier alpha value is -2.67. The number of nitrogens with one attached hydrogen (secondary N) is 1. The minimum Gasteiger partial charge on any atom is -0.494 e. The van der Waals surface area contributed by atoms with Gasteiger partial charge < -0.3 is 14.5 Å². The van der Waals surface area contributed by atoms with E-state index < -0.39 is 30.0 Å². The van der Waals surface area contributed by atoms with E-state index in [-0.39, 0.29) is 16.9 Å². The molecule has 0 atom stereocenters. The Bertz CT molecular complexity index is 1260. The molecule has 3 N–H and O–H groups in total. The van der Waals surface area contributed by atoms with Crippen LogP contribution < -0.4 is 9.47 Å². The second-order valence-corrected chi connectivity index (χ2v) is 8.72. The molecule has 12 heteroatoms. The summed E-state index contributed by atoms with van der Waals surface area (Å²) in [5.74, 6) is 1.16. The highest BCUT2D eigenvalue weighted by atomic mass is 32.2. The standard InChI is InChI=1S/C17H18N2O8S2/c1-3-26-11-5-10(6-12(7-11)27-4-2)17-18-14-8-13(28(20,21)22)9-15(16(14)19-17)29(23,24)25/h5-9H,3-4H2,1-2H3,(H,18,19)(H,20,21,22)(H,23,24,25). The van der Waals surface area contributed by atoms with Crippen LogP contribution in [0.5, 0.6) is 11.5 Å². The van der Waals surface area contributed by atoms with Crippen LogP contribution in [0.4, 0.5) is 0 Å². The topological polar surface area (TPSA) is 156 Å². The van der Waals surface area contributed by atoms with E-state index in [4.69, 9.17) is 9.47 Å². The van der Waals surface area contributed by atoms with Crippen molar-refractivity contribution >= 4 is 31.3 Å². The number of aromatic nitrogens is 2. The van der Waals surface area contributed by atoms with Crippen LogP contribution in [0, 0.1) is 0 Å². The second-order valence-electron chi connectivity index (χ2n) is 5.91. The van der Waals surface area contributed by atoms with Crippen molar-refractivity contribution in [1.29, 1.82) is 0 Å². The highest BCUT2D eigenvalue weighted by Crippen LogP contribution is 2.32. The Morgan fingerprint density at radius 1 is 0.897 bits per heavy atom. The van der Waals surface area contributed by atoms with Gasteiger partial charge in [-0.05, 0) is 38.1 Å². The van der Waals surface area contributed by atoms with Gasteiger partial charge in [-0.3, -0.25) is 9.11 Å². The number of benzene rings is 2. The molecule has 0 aliphatic heterocycles. The molecule has 0 aliphatic rings.